The summed E-state index contributed by atoms with van der Waals surface area (Å²) in [4.78, 5) is 30.0. The van der Waals surface area contributed by atoms with Gasteiger partial charge in [0.2, 0.25) is 5.65 Å². The molecule has 0 aliphatic carbocycles. The Morgan fingerprint density at radius 2 is 1.59 bits per heavy atom. The Balaban J connectivity index is 0.000000360. The highest BCUT2D eigenvalue weighted by molar-refractivity contribution is 5.86. The third-order valence-corrected chi connectivity index (χ3v) is 4.95. The van der Waals surface area contributed by atoms with Gasteiger partial charge in [0.25, 0.3) is 0 Å². The van der Waals surface area contributed by atoms with Crippen LogP contribution in [0.2, 0.25) is 0 Å². The molecule has 1 amide bonds. The molecular formula is C20H21F3N6O3. The summed E-state index contributed by atoms with van der Waals surface area (Å²) >= 11 is 0. The molecule has 0 radical (unpaired) electrons. The number of nitrogens with zero attached hydrogens (tertiary/aromatic N) is 6. The molecule has 32 heavy (non-hydrogen) atoms. The zero-order chi connectivity index (χ0) is 23.5. The second-order valence-electron chi connectivity index (χ2n) is 7.15. The van der Waals surface area contributed by atoms with E-state index >= 15 is 0 Å². The van der Waals surface area contributed by atoms with E-state index in [-0.39, 0.29) is 6.03 Å². The number of benzene rings is 1. The van der Waals surface area contributed by atoms with Crippen LogP contribution in [-0.4, -0.2) is 74.3 Å². The Bertz CT molecular complexity index is 1100. The quantitative estimate of drug-likeness (QED) is 0.608. The van der Waals surface area contributed by atoms with Gasteiger partial charge in [-0.05, 0) is 37.1 Å². The summed E-state index contributed by atoms with van der Waals surface area (Å²) in [5.74, 6) is -2.76. The average molecular weight is 450 g/mol. The Kier molecular flexibility index (Phi) is 6.61. The van der Waals surface area contributed by atoms with Gasteiger partial charge in [0.15, 0.2) is 0 Å². The number of rotatable bonds is 1. The molecular weight excluding hydrogens is 429 g/mol. The Labute approximate surface area is 181 Å². The first-order valence-corrected chi connectivity index (χ1v) is 9.66. The van der Waals surface area contributed by atoms with Crippen LogP contribution < -0.4 is 4.90 Å². The normalized spacial score (nSPS) is 14.2. The first-order valence-electron chi connectivity index (χ1n) is 9.66. The fraction of sp³-hybridized carbons (Fsp3) is 0.350. The Morgan fingerprint density at radius 1 is 1.00 bits per heavy atom. The molecule has 3 aromatic rings. The number of carboxylic acids is 1. The standard InChI is InChI=1S/C18H20N6O.C2HF3O2/c1-13-5-3-6-14(2)16(13)22-9-11-23(12-10-22)18(25)24-15-7-4-8-19-17(15)20-21-24;3-2(4,5)1(6)7/h3-8H,9-12H2,1-2H3;(H,6,7). The van der Waals surface area contributed by atoms with E-state index in [1.807, 2.05) is 11.0 Å². The molecule has 1 aromatic carbocycles. The molecule has 1 saturated heterocycles. The van der Waals surface area contributed by atoms with Crippen LogP contribution in [0.15, 0.2) is 36.5 Å². The van der Waals surface area contributed by atoms with Crippen LogP contribution in [0.4, 0.5) is 23.7 Å². The topological polar surface area (TPSA) is 104 Å². The summed E-state index contributed by atoms with van der Waals surface area (Å²) in [5, 5.41) is 15.1. The number of halogens is 3. The number of pyridine rings is 1. The molecule has 0 unspecified atom stereocenters. The molecule has 170 valence electrons. The predicted molar refractivity (Wildman–Crippen MR) is 110 cm³/mol. The number of aromatic nitrogens is 4. The SMILES string of the molecule is Cc1cccc(C)c1N1CCN(C(=O)n2nnc3ncccc32)CC1.O=C(O)C(F)(F)F. The molecule has 1 aliphatic heterocycles. The van der Waals surface area contributed by atoms with Crippen LogP contribution in [0.25, 0.3) is 11.2 Å². The van der Waals surface area contributed by atoms with Crippen molar-refractivity contribution in [3.63, 3.8) is 0 Å². The number of carboxylic acid groups (broad SMARTS) is 1. The minimum Gasteiger partial charge on any atom is -0.475 e. The van der Waals surface area contributed by atoms with Gasteiger partial charge in [-0.15, -0.1) is 5.10 Å². The minimum absolute atomic E-state index is 0.142. The van der Waals surface area contributed by atoms with Crippen molar-refractivity contribution in [2.75, 3.05) is 31.1 Å². The van der Waals surface area contributed by atoms with E-state index in [4.69, 9.17) is 9.90 Å². The Hall–Kier alpha value is -3.70. The van der Waals surface area contributed by atoms with Crippen LogP contribution in [0.5, 0.6) is 0 Å². The van der Waals surface area contributed by atoms with Crippen molar-refractivity contribution in [2.24, 2.45) is 0 Å². The predicted octanol–water partition coefficient (Wildman–Crippen LogP) is 2.87. The van der Waals surface area contributed by atoms with Gasteiger partial charge in [0.1, 0.15) is 5.52 Å². The van der Waals surface area contributed by atoms with E-state index in [2.05, 4.69) is 52.2 Å². The van der Waals surface area contributed by atoms with Crippen molar-refractivity contribution in [1.82, 2.24) is 24.9 Å². The van der Waals surface area contributed by atoms with Gasteiger partial charge >= 0.3 is 18.2 Å². The summed E-state index contributed by atoms with van der Waals surface area (Å²) < 4.78 is 33.1. The van der Waals surface area contributed by atoms with Crippen molar-refractivity contribution >= 4 is 28.9 Å². The number of hydrogen-bond acceptors (Lipinski definition) is 6. The van der Waals surface area contributed by atoms with Crippen molar-refractivity contribution in [2.45, 2.75) is 20.0 Å². The van der Waals surface area contributed by atoms with E-state index in [9.17, 15) is 18.0 Å². The molecule has 4 rings (SSSR count). The van der Waals surface area contributed by atoms with Gasteiger partial charge in [0.05, 0.1) is 0 Å². The van der Waals surface area contributed by atoms with E-state index in [0.717, 1.165) is 13.1 Å². The van der Waals surface area contributed by atoms with Gasteiger partial charge < -0.3 is 14.9 Å². The van der Waals surface area contributed by atoms with Gasteiger partial charge in [-0.1, -0.05) is 23.4 Å². The first kappa shape index (κ1) is 23.0. The number of carbonyl (C=O) groups is 2. The molecule has 0 saturated carbocycles. The molecule has 9 nitrogen and oxygen atoms in total. The van der Waals surface area contributed by atoms with Crippen molar-refractivity contribution in [3.05, 3.63) is 47.7 Å². The second kappa shape index (κ2) is 9.20. The summed E-state index contributed by atoms with van der Waals surface area (Å²) in [7, 11) is 0. The fourth-order valence-electron chi connectivity index (χ4n) is 3.47. The van der Waals surface area contributed by atoms with E-state index in [0.29, 0.717) is 24.3 Å². The van der Waals surface area contributed by atoms with Crippen molar-refractivity contribution in [3.8, 4) is 0 Å². The first-order chi connectivity index (χ1) is 15.1. The summed E-state index contributed by atoms with van der Waals surface area (Å²) in [6.45, 7) is 7.20. The van der Waals surface area contributed by atoms with Gasteiger partial charge in [-0.3, -0.25) is 0 Å². The maximum atomic E-state index is 12.8. The highest BCUT2D eigenvalue weighted by atomic mass is 19.4. The summed E-state index contributed by atoms with van der Waals surface area (Å²) in [6, 6.07) is 9.80. The molecule has 1 aliphatic rings. The number of fused-ring (bicyclic) bond motifs is 1. The Morgan fingerprint density at radius 3 is 2.16 bits per heavy atom. The van der Waals surface area contributed by atoms with Crippen LogP contribution in [-0.2, 0) is 4.79 Å². The zero-order valence-electron chi connectivity index (χ0n) is 17.4. The third-order valence-electron chi connectivity index (χ3n) is 4.95. The molecule has 0 spiro atoms. The number of aliphatic carboxylic acids is 1. The molecule has 2 aromatic heterocycles. The molecule has 12 heteroatoms. The lowest BCUT2D eigenvalue weighted by molar-refractivity contribution is -0.192. The molecule has 1 fully saturated rings. The lowest BCUT2D eigenvalue weighted by Gasteiger charge is -2.37. The number of hydrogen-bond donors (Lipinski definition) is 1. The van der Waals surface area contributed by atoms with Crippen LogP contribution in [0, 0.1) is 13.8 Å². The average Bonchev–Trinajstić information content (AvgIpc) is 3.17. The number of amides is 1. The zero-order valence-corrected chi connectivity index (χ0v) is 17.4. The van der Waals surface area contributed by atoms with Crippen LogP contribution in [0.3, 0.4) is 0 Å². The number of para-hydroxylation sites is 1. The van der Waals surface area contributed by atoms with E-state index in [1.54, 1.807) is 12.3 Å². The van der Waals surface area contributed by atoms with E-state index < -0.39 is 12.1 Å². The highest BCUT2D eigenvalue weighted by Gasteiger charge is 2.38. The second-order valence-corrected chi connectivity index (χ2v) is 7.15. The van der Waals surface area contributed by atoms with Crippen molar-refractivity contribution < 1.29 is 27.9 Å². The van der Waals surface area contributed by atoms with Gasteiger partial charge in [0, 0.05) is 38.1 Å². The monoisotopic (exact) mass is 450 g/mol. The fourth-order valence-corrected chi connectivity index (χ4v) is 3.47. The molecule has 0 bridgehead atoms. The maximum absolute atomic E-state index is 12.8. The lowest BCUT2D eigenvalue weighted by Crippen LogP contribution is -2.50. The minimum atomic E-state index is -5.08. The third kappa shape index (κ3) is 4.95. The van der Waals surface area contributed by atoms with Crippen LogP contribution >= 0.6 is 0 Å². The van der Waals surface area contributed by atoms with E-state index in [1.165, 1.54) is 21.5 Å². The molecule has 3 heterocycles. The van der Waals surface area contributed by atoms with Crippen LogP contribution in [0.1, 0.15) is 11.1 Å². The molecule has 0 atom stereocenters. The highest BCUT2D eigenvalue weighted by Crippen LogP contribution is 2.25. The lowest BCUT2D eigenvalue weighted by atomic mass is 10.1. The number of anilines is 1. The largest absolute Gasteiger partial charge is 0.490 e. The van der Waals surface area contributed by atoms with Gasteiger partial charge in [-0.2, -0.15) is 17.9 Å². The number of carbonyl (C=O) groups excluding carboxylic acids is 1. The molecule has 1 N–H and O–H groups in total. The number of piperazine rings is 1. The van der Waals surface area contributed by atoms with Crippen molar-refractivity contribution in [1.29, 1.82) is 0 Å². The summed E-state index contributed by atoms with van der Waals surface area (Å²) in [6.07, 6.45) is -3.44. The smallest absolute Gasteiger partial charge is 0.475 e. The van der Waals surface area contributed by atoms with Gasteiger partial charge in [-0.25, -0.2) is 14.6 Å². The number of aryl methyl sites for hydroxylation is 2. The summed E-state index contributed by atoms with van der Waals surface area (Å²) in [5.41, 5.74) is 4.96. The number of alkyl halides is 3. The maximum Gasteiger partial charge on any atom is 0.490 e.